The minimum atomic E-state index is -0.582. The number of hydrogen-bond acceptors (Lipinski definition) is 2. The molecule has 20 aromatic rings. The van der Waals surface area contributed by atoms with Crippen LogP contribution < -0.4 is 10.2 Å². The zero-order valence-corrected chi connectivity index (χ0v) is 59.0. The van der Waals surface area contributed by atoms with Crippen LogP contribution >= 0.6 is 0 Å². The summed E-state index contributed by atoms with van der Waals surface area (Å²) in [5.41, 5.74) is 33.0. The number of para-hydroxylation sites is 9. The topological polar surface area (TPSA) is 30.1 Å². The van der Waals surface area contributed by atoms with E-state index in [1.165, 1.54) is 138 Å². The highest BCUT2D eigenvalue weighted by Gasteiger charge is 2.51. The van der Waals surface area contributed by atoms with Crippen LogP contribution in [0, 0.1) is 0 Å². The minimum absolute atomic E-state index is 0.582. The molecule has 0 bridgehead atoms. The van der Waals surface area contributed by atoms with Gasteiger partial charge in [-0.3, -0.25) is 0 Å². The molecule has 5 nitrogen and oxygen atoms in total. The highest BCUT2D eigenvalue weighted by molar-refractivity contribution is 6.14. The van der Waals surface area contributed by atoms with Crippen LogP contribution in [0.25, 0.3) is 138 Å². The fraction of sp³-hybridized carbons (Fsp3) is 0.00971. The molecule has 0 radical (unpaired) electrons. The molecule has 3 aromatic heterocycles. The molecule has 1 aliphatic heterocycles. The average Bonchev–Trinajstić information content (AvgIpc) is 1.49. The van der Waals surface area contributed by atoms with Crippen molar-refractivity contribution in [3.63, 3.8) is 0 Å². The number of anilines is 5. The molecule has 4 heterocycles. The normalized spacial score (nSPS) is 13.2. The van der Waals surface area contributed by atoms with Crippen LogP contribution in [-0.2, 0) is 5.41 Å². The third kappa shape index (κ3) is 9.93. The number of hydrogen-bond donors (Lipinski definition) is 1. The van der Waals surface area contributed by atoms with E-state index in [1.807, 2.05) is 0 Å². The van der Waals surface area contributed by atoms with Crippen LogP contribution in [0.15, 0.2) is 413 Å². The predicted octanol–water partition coefficient (Wildman–Crippen LogP) is 27.2. The Kier molecular flexibility index (Phi) is 14.8. The van der Waals surface area contributed by atoms with Crippen molar-refractivity contribution in [3.8, 4) is 72.7 Å². The first kappa shape index (κ1) is 62.3. The summed E-state index contributed by atoms with van der Waals surface area (Å²) in [7, 11) is 0. The maximum absolute atomic E-state index is 3.65. The molecular weight excluding hydrogens is 1310 g/mol. The zero-order chi connectivity index (χ0) is 71.2. The van der Waals surface area contributed by atoms with Gasteiger partial charge < -0.3 is 23.9 Å². The van der Waals surface area contributed by atoms with Crippen LogP contribution in [0.1, 0.15) is 22.3 Å². The third-order valence-corrected chi connectivity index (χ3v) is 22.5. The van der Waals surface area contributed by atoms with Gasteiger partial charge in [0.2, 0.25) is 0 Å². The Labute approximate surface area is 626 Å². The van der Waals surface area contributed by atoms with Crippen LogP contribution in [0.2, 0.25) is 0 Å². The fourth-order valence-corrected chi connectivity index (χ4v) is 17.8. The van der Waals surface area contributed by atoms with Gasteiger partial charge in [-0.25, -0.2) is 0 Å². The summed E-state index contributed by atoms with van der Waals surface area (Å²) in [5, 5.41) is 11.3. The minimum Gasteiger partial charge on any atom is -0.355 e. The van der Waals surface area contributed by atoms with Crippen molar-refractivity contribution in [1.29, 1.82) is 0 Å². The zero-order valence-electron chi connectivity index (χ0n) is 59.0. The summed E-state index contributed by atoms with van der Waals surface area (Å²) < 4.78 is 7.27. The van der Waals surface area contributed by atoms with Gasteiger partial charge >= 0.3 is 0 Å². The Morgan fingerprint density at radius 3 is 1.19 bits per heavy atom. The predicted molar refractivity (Wildman–Crippen MR) is 453 cm³/mol. The average molecular weight is 1380 g/mol. The molecule has 1 unspecified atom stereocenters. The van der Waals surface area contributed by atoms with Gasteiger partial charge in [0.25, 0.3) is 0 Å². The number of fused-ring (bicyclic) bond motifs is 18. The lowest BCUT2D eigenvalue weighted by atomic mass is 9.65. The lowest BCUT2D eigenvalue weighted by Crippen LogP contribution is -2.33. The van der Waals surface area contributed by atoms with Crippen molar-refractivity contribution < 1.29 is 0 Å². The maximum Gasteiger partial charge on any atom is 0.0755 e. The monoisotopic (exact) mass is 1380 g/mol. The number of benzene rings is 17. The van der Waals surface area contributed by atoms with Crippen molar-refractivity contribution >= 4 is 93.9 Å². The van der Waals surface area contributed by atoms with Crippen LogP contribution in [0.3, 0.4) is 0 Å². The van der Waals surface area contributed by atoms with Gasteiger partial charge in [-0.15, -0.1) is 0 Å². The lowest BCUT2D eigenvalue weighted by Gasteiger charge is -2.40. The maximum atomic E-state index is 3.65. The van der Waals surface area contributed by atoms with E-state index in [1.54, 1.807) is 0 Å². The first-order valence-electron chi connectivity index (χ1n) is 37.2. The van der Waals surface area contributed by atoms with E-state index < -0.39 is 5.41 Å². The highest BCUT2D eigenvalue weighted by Crippen LogP contribution is 2.62. The van der Waals surface area contributed by atoms with E-state index in [-0.39, 0.29) is 0 Å². The summed E-state index contributed by atoms with van der Waals surface area (Å²) in [6.07, 6.45) is 0. The van der Waals surface area contributed by atoms with Crippen molar-refractivity contribution in [2.45, 2.75) is 5.41 Å². The quantitative estimate of drug-likeness (QED) is 0.140. The molecule has 1 N–H and O–H groups in total. The Balaban J connectivity index is 0.000000165. The first-order valence-corrected chi connectivity index (χ1v) is 37.2. The van der Waals surface area contributed by atoms with Crippen molar-refractivity contribution in [2.24, 2.45) is 0 Å². The number of aromatic nitrogens is 3. The van der Waals surface area contributed by atoms with Crippen LogP contribution in [0.4, 0.5) is 28.4 Å². The number of rotatable bonds is 11. The van der Waals surface area contributed by atoms with Crippen molar-refractivity contribution in [2.75, 3.05) is 10.2 Å². The molecule has 108 heavy (non-hydrogen) atoms. The Bertz CT molecular complexity index is 6760. The van der Waals surface area contributed by atoms with Crippen LogP contribution in [-0.4, -0.2) is 13.7 Å². The molecule has 1 atom stereocenters. The van der Waals surface area contributed by atoms with Gasteiger partial charge in [-0.05, 0) is 176 Å². The molecule has 0 saturated heterocycles. The van der Waals surface area contributed by atoms with Crippen molar-refractivity contribution in [1.82, 2.24) is 13.7 Å². The van der Waals surface area contributed by atoms with Gasteiger partial charge in [0, 0.05) is 77.6 Å². The van der Waals surface area contributed by atoms with Gasteiger partial charge in [0.05, 0.1) is 49.9 Å². The molecule has 0 saturated carbocycles. The molecular formula is C103H69N5. The largest absolute Gasteiger partial charge is 0.355 e. The molecule has 0 fully saturated rings. The highest BCUT2D eigenvalue weighted by atomic mass is 15.1. The second-order valence-electron chi connectivity index (χ2n) is 28.3. The smallest absolute Gasteiger partial charge is 0.0755 e. The van der Waals surface area contributed by atoms with Crippen LogP contribution in [0.5, 0.6) is 0 Å². The molecule has 1 spiro atoms. The Morgan fingerprint density at radius 1 is 0.231 bits per heavy atom. The second-order valence-corrected chi connectivity index (χ2v) is 28.3. The van der Waals surface area contributed by atoms with Gasteiger partial charge in [-0.2, -0.15) is 0 Å². The third-order valence-electron chi connectivity index (χ3n) is 22.5. The van der Waals surface area contributed by atoms with E-state index >= 15 is 0 Å². The van der Waals surface area contributed by atoms with E-state index in [0.29, 0.717) is 0 Å². The van der Waals surface area contributed by atoms with E-state index in [2.05, 4.69) is 436 Å². The number of nitrogens with zero attached hydrogens (tertiary/aromatic N) is 4. The molecule has 506 valence electrons. The molecule has 5 heteroatoms. The summed E-state index contributed by atoms with van der Waals surface area (Å²) in [4.78, 5) is 2.49. The SMILES string of the molecule is c1ccc(-c2ccc(-c3ccccc3N(c3ccc(-n4c5ccccc5c5ccccc54)cc3)c3ccc4c(c3)C3(c5ccccc5-4)c4ccccc4-n4c5ccccc5c5cccc3c54)cc2)cc1.c1ccc(-c2ccc(-c3ccccc3Nc3ccc(-n4c5ccccc5c5ccccc54)cc3)cc2)cc1. The van der Waals surface area contributed by atoms with E-state index in [0.717, 1.165) is 50.9 Å². The summed E-state index contributed by atoms with van der Waals surface area (Å²) in [5.74, 6) is 0. The van der Waals surface area contributed by atoms with E-state index in [9.17, 15) is 0 Å². The fourth-order valence-electron chi connectivity index (χ4n) is 17.8. The summed E-state index contributed by atoms with van der Waals surface area (Å²) >= 11 is 0. The van der Waals surface area contributed by atoms with Gasteiger partial charge in [-0.1, -0.05) is 303 Å². The summed E-state index contributed by atoms with van der Waals surface area (Å²) in [6.45, 7) is 0. The first-order chi connectivity index (χ1) is 53.6. The molecule has 1 aliphatic carbocycles. The molecule has 2 aliphatic rings. The van der Waals surface area contributed by atoms with Crippen molar-refractivity contribution in [3.05, 3.63) is 435 Å². The Hall–Kier alpha value is -14.3. The molecule has 0 amide bonds. The summed E-state index contributed by atoms with van der Waals surface area (Å²) in [6, 6.07) is 150. The van der Waals surface area contributed by atoms with Gasteiger partial charge in [0.1, 0.15) is 0 Å². The molecule has 17 aromatic carbocycles. The second kappa shape index (κ2) is 25.6. The lowest BCUT2D eigenvalue weighted by molar-refractivity contribution is 0.748. The standard InChI is InChI=1S/C67H43N3.C36H26N2/c1-2-17-44(18-3-1)45-33-35-46(36-34-45)50-19-5-11-28-61(50)68(47-37-39-48(40-38-47)69-62-29-12-6-21-53(62)54-22-7-13-30-63(54)69)49-41-42-52-51-20-4-9-25-57(51)67(60(52)43-49)58-26-10-15-32-65(58)70-64-31-14-8-23-55(64)56-24-16-27-59(67)66(56)70;1-2-10-26(11-3-1)27-18-20-28(21-19-27)31-12-4-7-15-34(31)37-29-22-24-30(25-23-29)38-35-16-8-5-13-32(35)33-14-6-9-17-36(33)38/h1-43H;1-25,37H. The molecule has 22 rings (SSSR count). The number of nitrogens with one attached hydrogen (secondary N) is 1. The Morgan fingerprint density at radius 2 is 0.620 bits per heavy atom. The van der Waals surface area contributed by atoms with E-state index in [4.69, 9.17) is 0 Å². The van der Waals surface area contributed by atoms with Gasteiger partial charge in [0.15, 0.2) is 0 Å².